The Hall–Kier alpha value is -1.34. The minimum absolute atomic E-state index is 0.0316. The van der Waals surface area contributed by atoms with Crippen molar-refractivity contribution in [2.45, 2.75) is 10.1 Å². The number of rotatable bonds is 4. The van der Waals surface area contributed by atoms with Crippen molar-refractivity contribution < 1.29 is 4.92 Å². The molecule has 0 aliphatic heterocycles. The third-order valence-electron chi connectivity index (χ3n) is 2.96. The Morgan fingerprint density at radius 3 is 2.86 bits per heavy atom. The molecule has 3 rings (SSSR count). The van der Waals surface area contributed by atoms with Crippen molar-refractivity contribution in [3.05, 3.63) is 62.1 Å². The maximum absolute atomic E-state index is 11.1. The molecule has 0 aliphatic rings. The summed E-state index contributed by atoms with van der Waals surface area (Å²) < 4.78 is 1.85. The van der Waals surface area contributed by atoms with Crippen molar-refractivity contribution in [3.8, 4) is 0 Å². The number of nitrogens with zero attached hydrogens (tertiary/aromatic N) is 2. The molecule has 0 bridgehead atoms. The average molecular weight is 371 g/mol. The van der Waals surface area contributed by atoms with E-state index in [0.717, 1.165) is 14.6 Å². The van der Waals surface area contributed by atoms with Crippen LogP contribution in [-0.2, 0) is 5.75 Å². The molecule has 2 aromatic carbocycles. The van der Waals surface area contributed by atoms with Gasteiger partial charge < -0.3 is 0 Å². The molecule has 3 aromatic rings. The van der Waals surface area contributed by atoms with Crippen molar-refractivity contribution in [3.63, 3.8) is 0 Å². The second kappa shape index (κ2) is 6.42. The summed E-state index contributed by atoms with van der Waals surface area (Å²) >= 11 is 15.0. The number of nitro groups is 1. The fourth-order valence-electron chi connectivity index (χ4n) is 1.94. The van der Waals surface area contributed by atoms with Crippen LogP contribution < -0.4 is 0 Å². The Morgan fingerprint density at radius 1 is 1.27 bits per heavy atom. The van der Waals surface area contributed by atoms with Gasteiger partial charge in [0.25, 0.3) is 5.69 Å². The molecular weight excluding hydrogens is 363 g/mol. The lowest BCUT2D eigenvalue weighted by molar-refractivity contribution is -0.385. The molecule has 0 unspecified atom stereocenters. The number of hydrogen-bond acceptors (Lipinski definition) is 5. The van der Waals surface area contributed by atoms with Crippen LogP contribution in [0.2, 0.25) is 10.0 Å². The number of benzene rings is 2. The zero-order valence-electron chi connectivity index (χ0n) is 11.0. The molecular formula is C14H8Cl2N2O2S2. The zero-order valence-corrected chi connectivity index (χ0v) is 14.1. The molecule has 0 radical (unpaired) electrons. The van der Waals surface area contributed by atoms with Gasteiger partial charge in [-0.3, -0.25) is 10.1 Å². The molecule has 0 spiro atoms. The highest BCUT2D eigenvalue weighted by atomic mass is 35.5. The van der Waals surface area contributed by atoms with Gasteiger partial charge in [-0.05, 0) is 24.3 Å². The fourth-order valence-corrected chi connectivity index (χ4v) is 4.51. The molecule has 0 atom stereocenters. The normalized spacial score (nSPS) is 11.0. The number of nitro benzene ring substituents is 1. The molecule has 0 N–H and O–H groups in total. The Morgan fingerprint density at radius 2 is 2.09 bits per heavy atom. The van der Waals surface area contributed by atoms with E-state index in [0.29, 0.717) is 21.4 Å². The van der Waals surface area contributed by atoms with Gasteiger partial charge in [0, 0.05) is 16.8 Å². The first kappa shape index (κ1) is 15.6. The van der Waals surface area contributed by atoms with Crippen LogP contribution in [0.25, 0.3) is 10.2 Å². The molecule has 112 valence electrons. The summed E-state index contributed by atoms with van der Waals surface area (Å²) in [5.74, 6) is 0.392. The number of thiazole rings is 1. The summed E-state index contributed by atoms with van der Waals surface area (Å²) in [7, 11) is 0. The Kier molecular flexibility index (Phi) is 4.54. The highest BCUT2D eigenvalue weighted by Gasteiger charge is 2.17. The van der Waals surface area contributed by atoms with Crippen LogP contribution in [0.15, 0.2) is 40.7 Å². The summed E-state index contributed by atoms with van der Waals surface area (Å²) in [4.78, 5) is 15.1. The van der Waals surface area contributed by atoms with Gasteiger partial charge in [0.05, 0.1) is 25.7 Å². The first-order chi connectivity index (χ1) is 10.5. The number of thioether (sulfide) groups is 1. The van der Waals surface area contributed by atoms with E-state index in [1.165, 1.54) is 29.2 Å². The van der Waals surface area contributed by atoms with E-state index in [1.807, 2.05) is 12.1 Å². The Balaban J connectivity index is 1.86. The number of hydrogen-bond donors (Lipinski definition) is 0. The predicted molar refractivity (Wildman–Crippen MR) is 92.3 cm³/mol. The molecule has 0 saturated carbocycles. The maximum atomic E-state index is 11.1. The molecule has 0 saturated heterocycles. The molecule has 1 heterocycles. The fraction of sp³-hybridized carbons (Fsp3) is 0.0714. The van der Waals surface area contributed by atoms with E-state index in [9.17, 15) is 10.1 Å². The smallest absolute Gasteiger partial charge is 0.258 e. The second-order valence-electron chi connectivity index (χ2n) is 4.38. The van der Waals surface area contributed by atoms with Gasteiger partial charge in [-0.1, -0.05) is 41.0 Å². The molecule has 8 heteroatoms. The van der Waals surface area contributed by atoms with Gasteiger partial charge in [-0.2, -0.15) is 0 Å². The summed E-state index contributed by atoms with van der Waals surface area (Å²) in [5, 5.41) is 12.1. The van der Waals surface area contributed by atoms with Crippen LogP contribution in [-0.4, -0.2) is 9.91 Å². The maximum Gasteiger partial charge on any atom is 0.274 e. The van der Waals surface area contributed by atoms with Crippen LogP contribution in [0.4, 0.5) is 5.69 Å². The van der Waals surface area contributed by atoms with Crippen molar-refractivity contribution in [1.29, 1.82) is 0 Å². The van der Waals surface area contributed by atoms with Crippen molar-refractivity contribution in [2.75, 3.05) is 0 Å². The topological polar surface area (TPSA) is 56.0 Å². The lowest BCUT2D eigenvalue weighted by Gasteiger charge is -2.03. The second-order valence-corrected chi connectivity index (χ2v) is 7.47. The zero-order chi connectivity index (χ0) is 15.7. The third kappa shape index (κ3) is 3.20. The first-order valence-corrected chi connectivity index (χ1v) is 8.71. The van der Waals surface area contributed by atoms with E-state index < -0.39 is 4.92 Å². The van der Waals surface area contributed by atoms with Crippen molar-refractivity contribution >= 4 is 62.2 Å². The van der Waals surface area contributed by atoms with Gasteiger partial charge in [0.1, 0.15) is 0 Å². The SMILES string of the molecule is O=[N+]([O-])c1cccc(Cl)c1CSc1nc2cc(Cl)ccc2s1. The standard InChI is InChI=1S/C14H8Cl2N2O2S2/c15-8-4-5-13-11(6-8)17-14(22-13)21-7-9-10(16)2-1-3-12(9)18(19)20/h1-6H,7H2. The highest BCUT2D eigenvalue weighted by molar-refractivity contribution is 8.00. The minimum atomic E-state index is -0.417. The largest absolute Gasteiger partial charge is 0.274 e. The van der Waals surface area contributed by atoms with Crippen molar-refractivity contribution in [1.82, 2.24) is 4.98 Å². The van der Waals surface area contributed by atoms with E-state index in [-0.39, 0.29) is 5.69 Å². The molecule has 0 fully saturated rings. The quantitative estimate of drug-likeness (QED) is 0.330. The van der Waals surface area contributed by atoms with Crippen LogP contribution in [0.1, 0.15) is 5.56 Å². The van der Waals surface area contributed by atoms with E-state index in [2.05, 4.69) is 4.98 Å². The minimum Gasteiger partial charge on any atom is -0.258 e. The Labute approximate surface area is 144 Å². The van der Waals surface area contributed by atoms with Crippen LogP contribution in [0, 0.1) is 10.1 Å². The van der Waals surface area contributed by atoms with Gasteiger partial charge >= 0.3 is 0 Å². The summed E-state index contributed by atoms with van der Waals surface area (Å²) in [6.07, 6.45) is 0. The van der Waals surface area contributed by atoms with Crippen LogP contribution in [0.5, 0.6) is 0 Å². The summed E-state index contributed by atoms with van der Waals surface area (Å²) in [6.45, 7) is 0. The number of aromatic nitrogens is 1. The summed E-state index contributed by atoms with van der Waals surface area (Å²) in [6, 6.07) is 10.2. The van der Waals surface area contributed by atoms with E-state index in [4.69, 9.17) is 23.2 Å². The van der Waals surface area contributed by atoms with Crippen LogP contribution >= 0.6 is 46.3 Å². The van der Waals surface area contributed by atoms with Gasteiger partial charge in [0.15, 0.2) is 4.34 Å². The highest BCUT2D eigenvalue weighted by Crippen LogP contribution is 2.36. The summed E-state index contributed by atoms with van der Waals surface area (Å²) in [5.41, 5.74) is 1.37. The number of fused-ring (bicyclic) bond motifs is 1. The van der Waals surface area contributed by atoms with Gasteiger partial charge in [0.2, 0.25) is 0 Å². The monoisotopic (exact) mass is 370 g/mol. The Bertz CT molecular complexity index is 867. The molecule has 22 heavy (non-hydrogen) atoms. The van der Waals surface area contributed by atoms with Gasteiger partial charge in [-0.15, -0.1) is 11.3 Å². The van der Waals surface area contributed by atoms with E-state index in [1.54, 1.807) is 18.2 Å². The number of halogens is 2. The van der Waals surface area contributed by atoms with E-state index >= 15 is 0 Å². The third-order valence-corrected chi connectivity index (χ3v) is 5.76. The average Bonchev–Trinajstić information content (AvgIpc) is 2.87. The molecule has 4 nitrogen and oxygen atoms in total. The molecule has 0 aliphatic carbocycles. The lowest BCUT2D eigenvalue weighted by atomic mass is 10.2. The first-order valence-electron chi connectivity index (χ1n) is 6.15. The predicted octanol–water partition coefficient (Wildman–Crippen LogP) is 5.80. The molecule has 1 aromatic heterocycles. The van der Waals surface area contributed by atoms with Crippen molar-refractivity contribution in [2.24, 2.45) is 0 Å². The lowest BCUT2D eigenvalue weighted by Crippen LogP contribution is -1.94. The molecule has 0 amide bonds. The van der Waals surface area contributed by atoms with Gasteiger partial charge in [-0.25, -0.2) is 4.98 Å². The van der Waals surface area contributed by atoms with Crippen LogP contribution in [0.3, 0.4) is 0 Å².